The molecule has 0 aliphatic carbocycles. The van der Waals surface area contributed by atoms with Crippen molar-refractivity contribution in [1.82, 2.24) is 0 Å². The van der Waals surface area contributed by atoms with Gasteiger partial charge >= 0.3 is 4.50 Å². The first kappa shape index (κ1) is 6.43. The van der Waals surface area contributed by atoms with E-state index in [0.717, 1.165) is 11.0 Å². The zero-order valence-electron chi connectivity index (χ0n) is 4.85. The van der Waals surface area contributed by atoms with Gasteiger partial charge in [-0.1, -0.05) is 0 Å². The first-order valence-corrected chi connectivity index (χ1v) is 4.03. The van der Waals surface area contributed by atoms with E-state index in [2.05, 4.69) is 4.58 Å². The lowest BCUT2D eigenvalue weighted by Crippen LogP contribution is -2.17. The largest absolute Gasteiger partial charge is 0.305 e. The van der Waals surface area contributed by atoms with Crippen molar-refractivity contribution in [2.75, 3.05) is 19.3 Å². The zero-order chi connectivity index (χ0) is 5.98. The molecular formula is C5H9ClNS+. The predicted octanol–water partition coefficient (Wildman–Crippen LogP) is 1.36. The molecule has 0 amide bonds. The predicted molar refractivity (Wildman–Crippen MR) is 39.0 cm³/mol. The van der Waals surface area contributed by atoms with E-state index in [9.17, 15) is 0 Å². The fourth-order valence-electron chi connectivity index (χ4n) is 0.656. The number of halogens is 1. The molecule has 1 aliphatic rings. The van der Waals surface area contributed by atoms with Crippen molar-refractivity contribution in [1.29, 1.82) is 0 Å². The number of rotatable bonds is 0. The average Bonchev–Trinajstić information content (AvgIpc) is 1.77. The molecule has 0 spiro atoms. The summed E-state index contributed by atoms with van der Waals surface area (Å²) in [7, 11) is 2.02. The van der Waals surface area contributed by atoms with E-state index in [1.165, 1.54) is 12.2 Å². The normalized spacial score (nSPS) is 21.8. The molecule has 0 saturated heterocycles. The fourth-order valence-corrected chi connectivity index (χ4v) is 1.73. The summed E-state index contributed by atoms with van der Waals surface area (Å²) in [5, 5.41) is 0. The van der Waals surface area contributed by atoms with Crippen LogP contribution in [-0.4, -0.2) is 28.4 Å². The minimum absolute atomic E-state index is 0.941. The highest BCUT2D eigenvalue weighted by molar-refractivity contribution is 8.16. The highest BCUT2D eigenvalue weighted by atomic mass is 35.5. The Hall–Kier alpha value is 0.310. The SMILES string of the molecule is C[N+]1=C(Cl)SCCC1. The molecule has 3 heteroatoms. The van der Waals surface area contributed by atoms with Crippen molar-refractivity contribution in [3.63, 3.8) is 0 Å². The molecule has 0 aromatic rings. The quantitative estimate of drug-likeness (QED) is 0.472. The second kappa shape index (κ2) is 2.74. The molecule has 46 valence electrons. The van der Waals surface area contributed by atoms with Gasteiger partial charge in [0.1, 0.15) is 13.6 Å². The molecule has 0 unspecified atom stereocenters. The van der Waals surface area contributed by atoms with Crippen molar-refractivity contribution in [2.45, 2.75) is 6.42 Å². The van der Waals surface area contributed by atoms with Crippen LogP contribution in [0.3, 0.4) is 0 Å². The van der Waals surface area contributed by atoms with Crippen LogP contribution in [0.1, 0.15) is 6.42 Å². The summed E-state index contributed by atoms with van der Waals surface area (Å²) < 4.78 is 3.02. The van der Waals surface area contributed by atoms with Gasteiger partial charge in [0.15, 0.2) is 0 Å². The van der Waals surface area contributed by atoms with Gasteiger partial charge in [0.05, 0.1) is 0 Å². The standard InChI is InChI=1S/C5H9ClNS/c1-7-3-2-4-8-5(7)6/h2-4H2,1H3/q+1. The molecule has 0 saturated carbocycles. The van der Waals surface area contributed by atoms with Crippen LogP contribution >= 0.6 is 23.4 Å². The molecule has 1 rings (SSSR count). The molecule has 0 aromatic carbocycles. The Morgan fingerprint density at radius 3 is 2.88 bits per heavy atom. The first-order valence-electron chi connectivity index (χ1n) is 2.67. The summed E-state index contributed by atoms with van der Waals surface area (Å²) in [5.41, 5.74) is 0. The summed E-state index contributed by atoms with van der Waals surface area (Å²) in [6.45, 7) is 1.12. The topological polar surface area (TPSA) is 3.01 Å². The maximum absolute atomic E-state index is 5.77. The first-order chi connectivity index (χ1) is 3.80. The monoisotopic (exact) mass is 150 g/mol. The maximum atomic E-state index is 5.77. The Bertz CT molecular complexity index is 108. The molecule has 0 N–H and O–H groups in total. The molecule has 8 heavy (non-hydrogen) atoms. The maximum Gasteiger partial charge on any atom is 0.305 e. The molecule has 1 nitrogen and oxygen atoms in total. The van der Waals surface area contributed by atoms with Crippen molar-refractivity contribution >= 4 is 27.9 Å². The summed E-state index contributed by atoms with van der Waals surface area (Å²) in [6.07, 6.45) is 1.26. The number of nitrogens with zero attached hydrogens (tertiary/aromatic N) is 1. The summed E-state index contributed by atoms with van der Waals surface area (Å²) in [4.78, 5) is 0. The van der Waals surface area contributed by atoms with Crippen molar-refractivity contribution in [3.05, 3.63) is 0 Å². The van der Waals surface area contributed by atoms with Gasteiger partial charge in [-0.15, -0.1) is 0 Å². The lowest BCUT2D eigenvalue weighted by atomic mass is 10.5. The molecule has 0 bridgehead atoms. The Balaban J connectivity index is 2.60. The van der Waals surface area contributed by atoms with E-state index in [1.807, 2.05) is 7.05 Å². The lowest BCUT2D eigenvalue weighted by Gasteiger charge is -2.04. The number of thioether (sulfide) groups is 1. The van der Waals surface area contributed by atoms with Gasteiger partial charge in [0.2, 0.25) is 0 Å². The highest BCUT2D eigenvalue weighted by Gasteiger charge is 2.13. The van der Waals surface area contributed by atoms with Crippen LogP contribution in [0.2, 0.25) is 0 Å². The Morgan fingerprint density at radius 1 is 1.75 bits per heavy atom. The zero-order valence-corrected chi connectivity index (χ0v) is 6.43. The number of hydrogen-bond acceptors (Lipinski definition) is 1. The third-order valence-electron chi connectivity index (χ3n) is 1.16. The van der Waals surface area contributed by atoms with E-state index in [-0.39, 0.29) is 0 Å². The van der Waals surface area contributed by atoms with Crippen LogP contribution < -0.4 is 0 Å². The molecule has 1 heterocycles. The van der Waals surface area contributed by atoms with Crippen LogP contribution in [0, 0.1) is 0 Å². The van der Waals surface area contributed by atoms with Gasteiger partial charge in [-0.3, -0.25) is 0 Å². The van der Waals surface area contributed by atoms with Gasteiger partial charge in [0, 0.05) is 12.2 Å². The fraction of sp³-hybridized carbons (Fsp3) is 0.800. The molecule has 0 radical (unpaired) electrons. The third kappa shape index (κ3) is 1.39. The minimum atomic E-state index is 0.941. The summed E-state index contributed by atoms with van der Waals surface area (Å²) >= 11 is 7.51. The van der Waals surface area contributed by atoms with Crippen molar-refractivity contribution in [2.24, 2.45) is 0 Å². The van der Waals surface area contributed by atoms with Crippen LogP contribution in [0.4, 0.5) is 0 Å². The van der Waals surface area contributed by atoms with Gasteiger partial charge < -0.3 is 0 Å². The van der Waals surface area contributed by atoms with E-state index in [1.54, 1.807) is 11.8 Å². The molecule has 0 atom stereocenters. The molecule has 0 fully saturated rings. The van der Waals surface area contributed by atoms with Crippen LogP contribution in [0.25, 0.3) is 0 Å². The smallest absolute Gasteiger partial charge is 0.217 e. The second-order valence-electron chi connectivity index (χ2n) is 1.88. The van der Waals surface area contributed by atoms with E-state index < -0.39 is 0 Å². The van der Waals surface area contributed by atoms with Crippen molar-refractivity contribution < 1.29 is 4.58 Å². The molecular weight excluding hydrogens is 142 g/mol. The van der Waals surface area contributed by atoms with E-state index in [0.29, 0.717) is 0 Å². The van der Waals surface area contributed by atoms with Crippen LogP contribution in [-0.2, 0) is 0 Å². The van der Waals surface area contributed by atoms with Crippen molar-refractivity contribution in [3.8, 4) is 0 Å². The van der Waals surface area contributed by atoms with Crippen LogP contribution in [0.5, 0.6) is 0 Å². The van der Waals surface area contributed by atoms with E-state index in [4.69, 9.17) is 11.6 Å². The summed E-state index contributed by atoms with van der Waals surface area (Å²) in [6, 6.07) is 0. The molecule has 1 aliphatic heterocycles. The van der Waals surface area contributed by atoms with Gasteiger partial charge in [-0.2, -0.15) is 0 Å². The van der Waals surface area contributed by atoms with Gasteiger partial charge in [0.25, 0.3) is 0 Å². The van der Waals surface area contributed by atoms with Gasteiger partial charge in [-0.05, 0) is 23.4 Å². The lowest BCUT2D eigenvalue weighted by molar-refractivity contribution is -0.493. The minimum Gasteiger partial charge on any atom is -0.217 e. The van der Waals surface area contributed by atoms with E-state index >= 15 is 0 Å². The molecule has 0 aromatic heterocycles. The Morgan fingerprint density at radius 2 is 2.50 bits per heavy atom. The van der Waals surface area contributed by atoms with Crippen LogP contribution in [0.15, 0.2) is 0 Å². The Kier molecular flexibility index (Phi) is 2.20. The summed E-state index contributed by atoms with van der Waals surface area (Å²) in [5.74, 6) is 1.18. The average molecular weight is 151 g/mol. The number of hydrogen-bond donors (Lipinski definition) is 0. The Labute approximate surface area is 58.7 Å². The third-order valence-corrected chi connectivity index (χ3v) is 2.82. The second-order valence-corrected chi connectivity index (χ2v) is 3.54. The van der Waals surface area contributed by atoms with Gasteiger partial charge in [-0.25, -0.2) is 4.58 Å². The highest BCUT2D eigenvalue weighted by Crippen LogP contribution is 2.13.